The predicted molar refractivity (Wildman–Crippen MR) is 122 cm³/mol. The molecule has 6 nitrogen and oxygen atoms in total. The van der Waals surface area contributed by atoms with Crippen LogP contribution in [0.4, 0.5) is 0 Å². The highest BCUT2D eigenvalue weighted by molar-refractivity contribution is 5.95. The lowest BCUT2D eigenvalue weighted by Crippen LogP contribution is -2.47. The highest BCUT2D eigenvalue weighted by atomic mass is 16.5. The SMILES string of the molecule is CCC(C)c1ccccc1OC(C)C(=O)NNC(=O)c1ccc(OCCC(C)C)cc1. The van der Waals surface area contributed by atoms with Crippen LogP contribution in [0.15, 0.2) is 48.5 Å². The van der Waals surface area contributed by atoms with Crippen molar-refractivity contribution in [2.45, 2.75) is 59.5 Å². The number of hydrazine groups is 1. The molecule has 2 aromatic carbocycles. The third kappa shape index (κ3) is 7.63. The molecule has 168 valence electrons. The number of carbonyl (C=O) groups is 2. The van der Waals surface area contributed by atoms with Crippen molar-refractivity contribution in [2.24, 2.45) is 5.92 Å². The van der Waals surface area contributed by atoms with Gasteiger partial charge in [0.2, 0.25) is 0 Å². The average Bonchev–Trinajstić information content (AvgIpc) is 2.77. The van der Waals surface area contributed by atoms with E-state index in [2.05, 4.69) is 38.5 Å². The summed E-state index contributed by atoms with van der Waals surface area (Å²) in [6, 6.07) is 14.5. The third-order valence-corrected chi connectivity index (χ3v) is 5.11. The summed E-state index contributed by atoms with van der Waals surface area (Å²) in [4.78, 5) is 24.7. The average molecular weight is 427 g/mol. The summed E-state index contributed by atoms with van der Waals surface area (Å²) in [5, 5.41) is 0. The van der Waals surface area contributed by atoms with Gasteiger partial charge >= 0.3 is 0 Å². The van der Waals surface area contributed by atoms with Crippen molar-refractivity contribution in [3.63, 3.8) is 0 Å². The fraction of sp³-hybridized carbons (Fsp3) is 0.440. The third-order valence-electron chi connectivity index (χ3n) is 5.11. The molecule has 0 aliphatic rings. The molecule has 0 spiro atoms. The van der Waals surface area contributed by atoms with Crippen LogP contribution in [0.2, 0.25) is 0 Å². The van der Waals surface area contributed by atoms with E-state index >= 15 is 0 Å². The van der Waals surface area contributed by atoms with Gasteiger partial charge in [0.25, 0.3) is 11.8 Å². The Morgan fingerprint density at radius 2 is 1.61 bits per heavy atom. The molecule has 0 bridgehead atoms. The van der Waals surface area contributed by atoms with Crippen molar-refractivity contribution in [3.8, 4) is 11.5 Å². The van der Waals surface area contributed by atoms with Crippen LogP contribution >= 0.6 is 0 Å². The fourth-order valence-electron chi connectivity index (χ4n) is 2.87. The molecule has 6 heteroatoms. The number of ether oxygens (including phenoxy) is 2. The van der Waals surface area contributed by atoms with E-state index in [1.54, 1.807) is 31.2 Å². The number of para-hydroxylation sites is 1. The number of amides is 2. The van der Waals surface area contributed by atoms with Gasteiger partial charge in [0.1, 0.15) is 11.5 Å². The van der Waals surface area contributed by atoms with E-state index in [0.29, 0.717) is 35.5 Å². The molecule has 0 saturated carbocycles. The van der Waals surface area contributed by atoms with Crippen LogP contribution in [-0.2, 0) is 4.79 Å². The van der Waals surface area contributed by atoms with Gasteiger partial charge in [0.05, 0.1) is 6.61 Å². The van der Waals surface area contributed by atoms with Crippen LogP contribution in [0.25, 0.3) is 0 Å². The predicted octanol–water partition coefficient (Wildman–Crippen LogP) is 4.85. The van der Waals surface area contributed by atoms with Crippen molar-refractivity contribution in [3.05, 3.63) is 59.7 Å². The summed E-state index contributed by atoms with van der Waals surface area (Å²) in [5.41, 5.74) is 6.35. The number of rotatable bonds is 10. The van der Waals surface area contributed by atoms with Gasteiger partial charge in [0, 0.05) is 5.56 Å². The second-order valence-corrected chi connectivity index (χ2v) is 8.11. The molecule has 0 radical (unpaired) electrons. The zero-order valence-electron chi connectivity index (χ0n) is 19.1. The number of benzene rings is 2. The molecule has 0 heterocycles. The lowest BCUT2D eigenvalue weighted by atomic mass is 9.98. The topological polar surface area (TPSA) is 76.7 Å². The van der Waals surface area contributed by atoms with Crippen LogP contribution < -0.4 is 20.3 Å². The maximum absolute atomic E-state index is 12.4. The summed E-state index contributed by atoms with van der Waals surface area (Å²) in [6.45, 7) is 10.8. The Morgan fingerprint density at radius 1 is 0.935 bits per heavy atom. The fourth-order valence-corrected chi connectivity index (χ4v) is 2.87. The van der Waals surface area contributed by atoms with Gasteiger partial charge in [-0.3, -0.25) is 20.4 Å². The molecule has 2 atom stereocenters. The van der Waals surface area contributed by atoms with Crippen molar-refractivity contribution >= 4 is 11.8 Å². The normalized spacial score (nSPS) is 12.7. The van der Waals surface area contributed by atoms with Crippen LogP contribution in [0, 0.1) is 5.92 Å². The summed E-state index contributed by atoms with van der Waals surface area (Å²) in [5.74, 6) is 1.45. The van der Waals surface area contributed by atoms with E-state index in [9.17, 15) is 9.59 Å². The van der Waals surface area contributed by atoms with Gasteiger partial charge in [-0.05, 0) is 67.5 Å². The molecule has 0 aromatic heterocycles. The van der Waals surface area contributed by atoms with Gasteiger partial charge in [0.15, 0.2) is 6.10 Å². The second kappa shape index (κ2) is 12.0. The van der Waals surface area contributed by atoms with Crippen molar-refractivity contribution in [1.29, 1.82) is 0 Å². The molecular weight excluding hydrogens is 392 g/mol. The minimum Gasteiger partial charge on any atom is -0.494 e. The van der Waals surface area contributed by atoms with Gasteiger partial charge in [-0.1, -0.05) is 45.9 Å². The van der Waals surface area contributed by atoms with Crippen LogP contribution in [0.1, 0.15) is 69.3 Å². The second-order valence-electron chi connectivity index (χ2n) is 8.11. The minimum atomic E-state index is -0.762. The lowest BCUT2D eigenvalue weighted by Gasteiger charge is -2.19. The van der Waals surface area contributed by atoms with E-state index in [1.807, 2.05) is 24.3 Å². The van der Waals surface area contributed by atoms with Crippen LogP contribution in [0.3, 0.4) is 0 Å². The van der Waals surface area contributed by atoms with E-state index in [4.69, 9.17) is 9.47 Å². The molecule has 2 N–H and O–H groups in total. The van der Waals surface area contributed by atoms with Gasteiger partial charge in [-0.25, -0.2) is 0 Å². The molecule has 0 fully saturated rings. The summed E-state index contributed by atoms with van der Waals surface area (Å²) < 4.78 is 11.5. The summed E-state index contributed by atoms with van der Waals surface area (Å²) >= 11 is 0. The molecule has 2 unspecified atom stereocenters. The van der Waals surface area contributed by atoms with Crippen molar-refractivity contribution in [2.75, 3.05) is 6.61 Å². The molecular formula is C25H34N2O4. The first-order chi connectivity index (χ1) is 14.8. The first-order valence-corrected chi connectivity index (χ1v) is 10.9. The zero-order chi connectivity index (χ0) is 22.8. The summed E-state index contributed by atoms with van der Waals surface area (Å²) in [7, 11) is 0. The van der Waals surface area contributed by atoms with Gasteiger partial charge in [-0.2, -0.15) is 0 Å². The number of nitrogens with one attached hydrogen (secondary N) is 2. The maximum atomic E-state index is 12.4. The molecule has 31 heavy (non-hydrogen) atoms. The molecule has 0 aliphatic heterocycles. The van der Waals surface area contributed by atoms with E-state index < -0.39 is 17.9 Å². The zero-order valence-corrected chi connectivity index (χ0v) is 19.1. The van der Waals surface area contributed by atoms with Crippen molar-refractivity contribution in [1.82, 2.24) is 10.9 Å². The first kappa shape index (κ1) is 24.3. The lowest BCUT2D eigenvalue weighted by molar-refractivity contribution is -0.128. The number of hydrogen-bond donors (Lipinski definition) is 2. The quantitative estimate of drug-likeness (QED) is 0.532. The Morgan fingerprint density at radius 3 is 2.26 bits per heavy atom. The van der Waals surface area contributed by atoms with Crippen LogP contribution in [0.5, 0.6) is 11.5 Å². The maximum Gasteiger partial charge on any atom is 0.279 e. The molecule has 2 rings (SSSR count). The van der Waals surface area contributed by atoms with E-state index in [1.165, 1.54) is 0 Å². The standard InChI is InChI=1S/C25H34N2O4/c1-6-18(4)22-9-7-8-10-23(22)31-19(5)24(28)26-27-25(29)20-11-13-21(14-12-20)30-16-15-17(2)3/h7-14,17-19H,6,15-16H2,1-5H3,(H,26,28)(H,27,29). The summed E-state index contributed by atoms with van der Waals surface area (Å²) in [6.07, 6.45) is 1.18. The first-order valence-electron chi connectivity index (χ1n) is 10.9. The molecule has 2 amide bonds. The van der Waals surface area contributed by atoms with Crippen molar-refractivity contribution < 1.29 is 19.1 Å². The highest BCUT2D eigenvalue weighted by Crippen LogP contribution is 2.29. The smallest absolute Gasteiger partial charge is 0.279 e. The molecule has 0 aliphatic carbocycles. The Hall–Kier alpha value is -3.02. The molecule has 2 aromatic rings. The highest BCUT2D eigenvalue weighted by Gasteiger charge is 2.18. The number of hydrogen-bond acceptors (Lipinski definition) is 4. The Balaban J connectivity index is 1.86. The van der Waals surface area contributed by atoms with E-state index in [-0.39, 0.29) is 0 Å². The van der Waals surface area contributed by atoms with Crippen LogP contribution in [-0.4, -0.2) is 24.5 Å². The monoisotopic (exact) mass is 426 g/mol. The Bertz CT molecular complexity index is 849. The Labute approximate surface area is 185 Å². The minimum absolute atomic E-state index is 0.323. The van der Waals surface area contributed by atoms with E-state index in [0.717, 1.165) is 18.4 Å². The van der Waals surface area contributed by atoms with Gasteiger partial charge in [-0.15, -0.1) is 0 Å². The molecule has 0 saturated heterocycles. The number of carbonyl (C=O) groups excluding carboxylic acids is 2. The largest absolute Gasteiger partial charge is 0.494 e. The van der Waals surface area contributed by atoms with Gasteiger partial charge < -0.3 is 9.47 Å². The Kier molecular flexibility index (Phi) is 9.38.